The number of hydrogen-bond acceptors (Lipinski definition) is 7. The predicted molar refractivity (Wildman–Crippen MR) is 149 cm³/mol. The first kappa shape index (κ1) is 26.8. The van der Waals surface area contributed by atoms with E-state index in [2.05, 4.69) is 36.2 Å². The van der Waals surface area contributed by atoms with E-state index in [1.54, 1.807) is 19.4 Å². The van der Waals surface area contributed by atoms with Crippen LogP contribution in [0.3, 0.4) is 0 Å². The largest absolute Gasteiger partial charge is 0.383 e. The number of hydrogen-bond donors (Lipinski definition) is 1. The summed E-state index contributed by atoms with van der Waals surface area (Å²) in [6.07, 6.45) is 7.11. The van der Waals surface area contributed by atoms with Gasteiger partial charge in [-0.2, -0.15) is 0 Å². The van der Waals surface area contributed by atoms with Crippen LogP contribution in [-0.2, 0) is 4.74 Å². The predicted octanol–water partition coefficient (Wildman–Crippen LogP) is 5.93. The molecular formula is C29H33F2N7O. The standard InChI is InChI=1S/C29H33F2N7O/c1-18(2)38-19(3)34-28-23(30)14-22(15-25(28)38)27-24(31)17-33-29(36-27)35-26-6-5-21(16-32-26)13-20-7-9-37(10-8-20)11-12-39-4/h5-6,13-18H,7-12H2,1-4H3,(H,32,33,35,36). The number of nitrogens with zero attached hydrogens (tertiary/aromatic N) is 6. The van der Waals surface area contributed by atoms with E-state index < -0.39 is 11.6 Å². The lowest BCUT2D eigenvalue weighted by Gasteiger charge is -2.28. The summed E-state index contributed by atoms with van der Waals surface area (Å²) in [6.45, 7) is 9.60. The third-order valence-electron chi connectivity index (χ3n) is 6.97. The van der Waals surface area contributed by atoms with Gasteiger partial charge in [-0.25, -0.2) is 28.7 Å². The zero-order chi connectivity index (χ0) is 27.5. The van der Waals surface area contributed by atoms with Crippen molar-refractivity contribution in [3.63, 3.8) is 0 Å². The topological polar surface area (TPSA) is 81.0 Å². The molecule has 1 aliphatic rings. The Labute approximate surface area is 226 Å². The molecule has 1 aliphatic heterocycles. The number of methoxy groups -OCH3 is 1. The van der Waals surface area contributed by atoms with Crippen LogP contribution in [0.2, 0.25) is 0 Å². The van der Waals surface area contributed by atoms with Crippen LogP contribution in [0.5, 0.6) is 0 Å². The van der Waals surface area contributed by atoms with Crippen LogP contribution < -0.4 is 5.32 Å². The Morgan fingerprint density at radius 1 is 1.05 bits per heavy atom. The number of pyridine rings is 1. The molecule has 3 aromatic heterocycles. The molecule has 8 nitrogen and oxygen atoms in total. The fourth-order valence-corrected chi connectivity index (χ4v) is 5.03. The van der Waals surface area contributed by atoms with E-state index in [4.69, 9.17) is 4.74 Å². The van der Waals surface area contributed by atoms with Gasteiger partial charge in [0.05, 0.1) is 18.3 Å². The molecule has 1 fully saturated rings. The van der Waals surface area contributed by atoms with Crippen molar-refractivity contribution < 1.29 is 13.5 Å². The van der Waals surface area contributed by atoms with Crippen molar-refractivity contribution >= 4 is 28.9 Å². The van der Waals surface area contributed by atoms with Crippen LogP contribution in [0.25, 0.3) is 28.4 Å². The van der Waals surface area contributed by atoms with Gasteiger partial charge in [-0.3, -0.25) is 0 Å². The molecule has 1 aromatic carbocycles. The van der Waals surface area contributed by atoms with E-state index in [1.165, 1.54) is 11.6 Å². The molecule has 1 saturated heterocycles. The minimum Gasteiger partial charge on any atom is -0.383 e. The zero-order valence-electron chi connectivity index (χ0n) is 22.7. The van der Waals surface area contributed by atoms with Crippen molar-refractivity contribution in [2.45, 2.75) is 39.7 Å². The van der Waals surface area contributed by atoms with Gasteiger partial charge in [-0.15, -0.1) is 0 Å². The Bertz CT molecular complexity index is 1490. The first-order valence-corrected chi connectivity index (χ1v) is 13.2. The third-order valence-corrected chi connectivity index (χ3v) is 6.97. The SMILES string of the molecule is COCCN1CCC(=Cc2ccc(Nc3ncc(F)c(-c4cc(F)c5nc(C)n(C(C)C)c5c4)n3)nc2)CC1. The molecule has 0 amide bonds. The summed E-state index contributed by atoms with van der Waals surface area (Å²) in [5, 5.41) is 3.03. The summed E-state index contributed by atoms with van der Waals surface area (Å²) in [5.74, 6) is 0.223. The van der Waals surface area contributed by atoms with Crippen molar-refractivity contribution in [2.75, 3.05) is 38.7 Å². The average Bonchev–Trinajstić information content (AvgIpc) is 3.27. The Hall–Kier alpha value is -3.76. The average molecular weight is 534 g/mol. The van der Waals surface area contributed by atoms with Gasteiger partial charge in [0.1, 0.15) is 22.9 Å². The number of ether oxygens (including phenoxy) is 1. The molecule has 1 N–H and O–H groups in total. The van der Waals surface area contributed by atoms with Gasteiger partial charge in [-0.05, 0) is 63.4 Å². The van der Waals surface area contributed by atoms with Gasteiger partial charge in [0.15, 0.2) is 11.6 Å². The van der Waals surface area contributed by atoms with Crippen LogP contribution >= 0.6 is 0 Å². The van der Waals surface area contributed by atoms with E-state index >= 15 is 0 Å². The molecule has 204 valence electrons. The Balaban J connectivity index is 1.33. The van der Waals surface area contributed by atoms with Gasteiger partial charge in [-0.1, -0.05) is 11.6 Å². The van der Waals surface area contributed by atoms with Gasteiger partial charge in [0, 0.05) is 44.5 Å². The van der Waals surface area contributed by atoms with Gasteiger partial charge in [0.25, 0.3) is 0 Å². The highest BCUT2D eigenvalue weighted by molar-refractivity contribution is 5.83. The quantitative estimate of drug-likeness (QED) is 0.301. The number of anilines is 2. The molecule has 5 rings (SSSR count). The van der Waals surface area contributed by atoms with Gasteiger partial charge < -0.3 is 19.5 Å². The molecule has 0 unspecified atom stereocenters. The fourth-order valence-electron chi connectivity index (χ4n) is 5.03. The van der Waals surface area contributed by atoms with E-state index in [0.717, 1.165) is 50.8 Å². The highest BCUT2D eigenvalue weighted by Gasteiger charge is 2.19. The monoisotopic (exact) mass is 533 g/mol. The number of aryl methyl sites for hydroxylation is 1. The van der Waals surface area contributed by atoms with E-state index in [-0.39, 0.29) is 23.2 Å². The first-order chi connectivity index (χ1) is 18.8. The Kier molecular flexibility index (Phi) is 7.94. The fraction of sp³-hybridized carbons (Fsp3) is 0.379. The number of nitrogens with one attached hydrogen (secondary N) is 1. The zero-order valence-corrected chi connectivity index (χ0v) is 22.7. The van der Waals surface area contributed by atoms with Crippen molar-refractivity contribution in [3.05, 3.63) is 65.3 Å². The number of imidazole rings is 1. The number of benzene rings is 1. The molecule has 4 aromatic rings. The summed E-state index contributed by atoms with van der Waals surface area (Å²) >= 11 is 0. The van der Waals surface area contributed by atoms with E-state index in [0.29, 0.717) is 22.7 Å². The third kappa shape index (κ3) is 5.97. The van der Waals surface area contributed by atoms with Gasteiger partial charge >= 0.3 is 0 Å². The Morgan fingerprint density at radius 2 is 1.85 bits per heavy atom. The van der Waals surface area contributed by atoms with Crippen LogP contribution in [0.15, 0.2) is 42.2 Å². The maximum Gasteiger partial charge on any atom is 0.229 e. The van der Waals surface area contributed by atoms with Crippen molar-refractivity contribution in [1.82, 2.24) is 29.4 Å². The summed E-state index contributed by atoms with van der Waals surface area (Å²) in [4.78, 5) is 19.7. The highest BCUT2D eigenvalue weighted by Crippen LogP contribution is 2.30. The number of likely N-dealkylation sites (tertiary alicyclic amines) is 1. The summed E-state index contributed by atoms with van der Waals surface area (Å²) in [6, 6.07) is 6.86. The molecule has 39 heavy (non-hydrogen) atoms. The van der Waals surface area contributed by atoms with Crippen LogP contribution in [0.1, 0.15) is 44.1 Å². The lowest BCUT2D eigenvalue weighted by molar-refractivity contribution is 0.143. The van der Waals surface area contributed by atoms with Gasteiger partial charge in [0.2, 0.25) is 5.95 Å². The molecular weight excluding hydrogens is 500 g/mol. The molecule has 10 heteroatoms. The second-order valence-electron chi connectivity index (χ2n) is 10.1. The maximum atomic E-state index is 15.0. The number of fused-ring (bicyclic) bond motifs is 1. The smallest absolute Gasteiger partial charge is 0.229 e. The maximum absolute atomic E-state index is 15.0. The minimum atomic E-state index is -0.644. The van der Waals surface area contributed by atoms with Crippen LogP contribution in [0, 0.1) is 18.6 Å². The first-order valence-electron chi connectivity index (χ1n) is 13.2. The number of rotatable bonds is 8. The van der Waals surface area contributed by atoms with Crippen molar-refractivity contribution in [1.29, 1.82) is 0 Å². The Morgan fingerprint density at radius 3 is 2.54 bits per heavy atom. The molecule has 0 atom stereocenters. The second-order valence-corrected chi connectivity index (χ2v) is 10.1. The summed E-state index contributed by atoms with van der Waals surface area (Å²) < 4.78 is 36.9. The minimum absolute atomic E-state index is 0.000606. The molecule has 0 bridgehead atoms. The molecule has 0 radical (unpaired) electrons. The number of piperidine rings is 1. The van der Waals surface area contributed by atoms with Crippen molar-refractivity contribution in [2.24, 2.45) is 0 Å². The lowest BCUT2D eigenvalue weighted by atomic mass is 10.0. The number of halogens is 2. The molecule has 4 heterocycles. The second kappa shape index (κ2) is 11.5. The lowest BCUT2D eigenvalue weighted by Crippen LogP contribution is -2.33. The van der Waals surface area contributed by atoms with E-state index in [1.807, 2.05) is 37.5 Å². The van der Waals surface area contributed by atoms with Crippen molar-refractivity contribution in [3.8, 4) is 11.3 Å². The number of aromatic nitrogens is 5. The normalized spacial score (nSPS) is 14.4. The van der Waals surface area contributed by atoms with Crippen LogP contribution in [0.4, 0.5) is 20.5 Å². The molecule has 0 saturated carbocycles. The highest BCUT2D eigenvalue weighted by atomic mass is 19.1. The van der Waals surface area contributed by atoms with Crippen LogP contribution in [-0.4, -0.2) is 62.8 Å². The molecule has 0 spiro atoms. The summed E-state index contributed by atoms with van der Waals surface area (Å²) in [5.41, 5.74) is 3.58. The molecule has 0 aliphatic carbocycles. The summed E-state index contributed by atoms with van der Waals surface area (Å²) in [7, 11) is 1.73. The van der Waals surface area contributed by atoms with E-state index in [9.17, 15) is 8.78 Å².